The zero-order valence-electron chi connectivity index (χ0n) is 11.5. The van der Waals surface area contributed by atoms with E-state index < -0.39 is 5.97 Å². The predicted molar refractivity (Wildman–Crippen MR) is 70.2 cm³/mol. The highest BCUT2D eigenvalue weighted by molar-refractivity contribution is 5.67. The van der Waals surface area contributed by atoms with Crippen molar-refractivity contribution >= 4 is 5.97 Å². The van der Waals surface area contributed by atoms with Gasteiger partial charge in [0.1, 0.15) is 11.6 Å². The van der Waals surface area contributed by atoms with Crippen molar-refractivity contribution < 1.29 is 14.6 Å². The topological polar surface area (TPSA) is 80.5 Å². The molecule has 0 radical (unpaired) electrons. The maximum absolute atomic E-state index is 10.9. The first-order chi connectivity index (χ1) is 9.74. The van der Waals surface area contributed by atoms with Gasteiger partial charge in [-0.05, 0) is 12.8 Å². The molecule has 2 aliphatic rings. The molecular formula is C13H20N4O3. The van der Waals surface area contributed by atoms with E-state index in [0.717, 1.165) is 31.2 Å². The molecule has 1 saturated heterocycles. The first-order valence-corrected chi connectivity index (χ1v) is 7.18. The summed E-state index contributed by atoms with van der Waals surface area (Å²) in [6.45, 7) is 3.52. The number of carbonyl (C=O) groups is 1. The number of rotatable bonds is 4. The molecule has 1 aromatic rings. The van der Waals surface area contributed by atoms with Gasteiger partial charge in [0.25, 0.3) is 0 Å². The number of aromatic nitrogens is 3. The maximum atomic E-state index is 10.9. The van der Waals surface area contributed by atoms with Gasteiger partial charge in [-0.25, -0.2) is 0 Å². The van der Waals surface area contributed by atoms with Crippen LogP contribution in [-0.2, 0) is 29.0 Å². The molecule has 7 nitrogen and oxygen atoms in total. The molecule has 3 heterocycles. The molecule has 7 heteroatoms. The number of hydrogen-bond acceptors (Lipinski definition) is 5. The van der Waals surface area contributed by atoms with Crippen LogP contribution in [0.5, 0.6) is 0 Å². The summed E-state index contributed by atoms with van der Waals surface area (Å²) in [4.78, 5) is 13.1. The minimum atomic E-state index is -0.784. The van der Waals surface area contributed by atoms with Crippen molar-refractivity contribution in [1.29, 1.82) is 0 Å². The van der Waals surface area contributed by atoms with Crippen LogP contribution >= 0.6 is 0 Å². The molecule has 0 aliphatic carbocycles. The minimum absolute atomic E-state index is 0.0715. The van der Waals surface area contributed by atoms with Gasteiger partial charge in [0.15, 0.2) is 0 Å². The fourth-order valence-electron chi connectivity index (χ4n) is 2.95. The van der Waals surface area contributed by atoms with Gasteiger partial charge in [0, 0.05) is 25.6 Å². The van der Waals surface area contributed by atoms with Crippen LogP contribution < -0.4 is 0 Å². The second-order valence-electron chi connectivity index (χ2n) is 5.44. The normalized spacial score (nSPS) is 23.5. The molecule has 0 aromatic carbocycles. The number of morpholine rings is 1. The van der Waals surface area contributed by atoms with Crippen LogP contribution in [0.15, 0.2) is 0 Å². The van der Waals surface area contributed by atoms with E-state index >= 15 is 0 Å². The smallest absolute Gasteiger partial charge is 0.305 e. The third-order valence-electron chi connectivity index (χ3n) is 4.04. The number of hydrogen-bond donors (Lipinski definition) is 1. The molecule has 110 valence electrons. The van der Waals surface area contributed by atoms with Gasteiger partial charge in [0.05, 0.1) is 26.2 Å². The summed E-state index contributed by atoms with van der Waals surface area (Å²) in [6.07, 6.45) is 3.45. The molecule has 0 amide bonds. The first kappa shape index (κ1) is 13.5. The van der Waals surface area contributed by atoms with E-state index in [2.05, 4.69) is 19.7 Å². The maximum Gasteiger partial charge on any atom is 0.305 e. The van der Waals surface area contributed by atoms with E-state index in [-0.39, 0.29) is 12.5 Å². The lowest BCUT2D eigenvalue weighted by Crippen LogP contribution is -2.46. The molecule has 0 bridgehead atoms. The van der Waals surface area contributed by atoms with Crippen LogP contribution in [0.1, 0.15) is 30.9 Å². The number of nitrogens with zero attached hydrogens (tertiary/aromatic N) is 4. The van der Waals surface area contributed by atoms with Gasteiger partial charge < -0.3 is 14.4 Å². The fraction of sp³-hybridized carbons (Fsp3) is 0.769. The quantitative estimate of drug-likeness (QED) is 0.854. The number of aliphatic carboxylic acids is 1. The average molecular weight is 280 g/mol. The Morgan fingerprint density at radius 1 is 1.35 bits per heavy atom. The SMILES string of the molecule is O=C(O)CC1COCCN1Cc1nnc2n1CCCC2. The van der Waals surface area contributed by atoms with Crippen LogP contribution in [0.4, 0.5) is 0 Å². The molecule has 1 fully saturated rings. The van der Waals surface area contributed by atoms with E-state index in [1.807, 2.05) is 0 Å². The molecule has 0 saturated carbocycles. The largest absolute Gasteiger partial charge is 0.481 e. The summed E-state index contributed by atoms with van der Waals surface area (Å²) in [6, 6.07) is -0.0715. The lowest BCUT2D eigenvalue weighted by Gasteiger charge is -2.34. The van der Waals surface area contributed by atoms with E-state index in [4.69, 9.17) is 9.84 Å². The van der Waals surface area contributed by atoms with E-state index in [9.17, 15) is 4.79 Å². The first-order valence-electron chi connectivity index (χ1n) is 7.18. The van der Waals surface area contributed by atoms with Gasteiger partial charge in [0.2, 0.25) is 0 Å². The lowest BCUT2D eigenvalue weighted by atomic mass is 10.1. The van der Waals surface area contributed by atoms with Crippen LogP contribution in [0.3, 0.4) is 0 Å². The Labute approximate surface area is 117 Å². The average Bonchev–Trinajstić information content (AvgIpc) is 2.84. The summed E-state index contributed by atoms with van der Waals surface area (Å²) in [5.74, 6) is 1.24. The number of carboxylic acids is 1. The molecule has 1 unspecified atom stereocenters. The van der Waals surface area contributed by atoms with Gasteiger partial charge in [-0.3, -0.25) is 9.69 Å². The summed E-state index contributed by atoms with van der Waals surface area (Å²) < 4.78 is 7.59. The summed E-state index contributed by atoms with van der Waals surface area (Å²) in [7, 11) is 0. The summed E-state index contributed by atoms with van der Waals surface area (Å²) in [5.41, 5.74) is 0. The standard InChI is InChI=1S/C13H20N4O3/c18-13(19)7-10-9-20-6-5-16(10)8-12-15-14-11-3-1-2-4-17(11)12/h10H,1-9H2,(H,18,19). The van der Waals surface area contributed by atoms with Crippen LogP contribution in [0.25, 0.3) is 0 Å². The van der Waals surface area contributed by atoms with Crippen molar-refractivity contribution in [3.8, 4) is 0 Å². The Morgan fingerprint density at radius 3 is 3.10 bits per heavy atom. The van der Waals surface area contributed by atoms with Crippen LogP contribution in [-0.4, -0.2) is 56.5 Å². The number of aryl methyl sites for hydroxylation is 1. The second-order valence-corrected chi connectivity index (χ2v) is 5.44. The summed E-state index contributed by atoms with van der Waals surface area (Å²) >= 11 is 0. The molecule has 1 N–H and O–H groups in total. The van der Waals surface area contributed by atoms with Crippen molar-refractivity contribution in [2.24, 2.45) is 0 Å². The Kier molecular flexibility index (Phi) is 3.98. The highest BCUT2D eigenvalue weighted by Gasteiger charge is 2.27. The molecule has 0 spiro atoms. The number of fused-ring (bicyclic) bond motifs is 1. The second kappa shape index (κ2) is 5.88. The molecule has 1 aromatic heterocycles. The van der Waals surface area contributed by atoms with Crippen molar-refractivity contribution in [2.45, 2.75) is 44.8 Å². The van der Waals surface area contributed by atoms with Gasteiger partial charge in [-0.2, -0.15) is 0 Å². The molecular weight excluding hydrogens is 260 g/mol. The number of carboxylic acid groups (broad SMARTS) is 1. The predicted octanol–water partition coefficient (Wildman–Crippen LogP) is 0.290. The van der Waals surface area contributed by atoms with Crippen molar-refractivity contribution in [1.82, 2.24) is 19.7 Å². The lowest BCUT2D eigenvalue weighted by molar-refractivity contribution is -0.140. The fourth-order valence-corrected chi connectivity index (χ4v) is 2.95. The van der Waals surface area contributed by atoms with Gasteiger partial charge in [-0.15, -0.1) is 10.2 Å². The Balaban J connectivity index is 1.71. The Bertz CT molecular complexity index is 488. The van der Waals surface area contributed by atoms with Gasteiger partial charge >= 0.3 is 5.97 Å². The highest BCUT2D eigenvalue weighted by atomic mass is 16.5. The minimum Gasteiger partial charge on any atom is -0.481 e. The van der Waals surface area contributed by atoms with Crippen molar-refractivity contribution in [2.75, 3.05) is 19.8 Å². The Hall–Kier alpha value is -1.47. The van der Waals surface area contributed by atoms with Gasteiger partial charge in [-0.1, -0.05) is 0 Å². The third kappa shape index (κ3) is 2.83. The van der Waals surface area contributed by atoms with E-state index in [0.29, 0.717) is 19.8 Å². The molecule has 20 heavy (non-hydrogen) atoms. The number of ether oxygens (including phenoxy) is 1. The Morgan fingerprint density at radius 2 is 2.25 bits per heavy atom. The van der Waals surface area contributed by atoms with Crippen LogP contribution in [0, 0.1) is 0 Å². The third-order valence-corrected chi connectivity index (χ3v) is 4.04. The van der Waals surface area contributed by atoms with E-state index in [1.54, 1.807) is 0 Å². The van der Waals surface area contributed by atoms with Crippen LogP contribution in [0.2, 0.25) is 0 Å². The molecule has 1 atom stereocenters. The monoisotopic (exact) mass is 280 g/mol. The highest BCUT2D eigenvalue weighted by Crippen LogP contribution is 2.18. The zero-order chi connectivity index (χ0) is 13.9. The van der Waals surface area contributed by atoms with Crippen molar-refractivity contribution in [3.05, 3.63) is 11.6 Å². The zero-order valence-corrected chi connectivity index (χ0v) is 11.5. The van der Waals surface area contributed by atoms with E-state index in [1.165, 1.54) is 12.8 Å². The van der Waals surface area contributed by atoms with Crippen molar-refractivity contribution in [3.63, 3.8) is 0 Å². The molecule has 3 rings (SSSR count). The summed E-state index contributed by atoms with van der Waals surface area (Å²) in [5, 5.41) is 17.5. The molecule has 2 aliphatic heterocycles.